The minimum atomic E-state index is -1.07. The van der Waals surface area contributed by atoms with Crippen molar-refractivity contribution in [2.45, 2.75) is 18.9 Å². The molecule has 0 aliphatic carbocycles. The van der Waals surface area contributed by atoms with E-state index in [1.54, 1.807) is 4.90 Å². The van der Waals surface area contributed by atoms with Crippen LogP contribution in [0.1, 0.15) is 33.6 Å². The summed E-state index contributed by atoms with van der Waals surface area (Å²) in [7, 11) is 0. The number of terminal acetylenes is 1. The molecule has 1 unspecified atom stereocenters. The van der Waals surface area contributed by atoms with Gasteiger partial charge in [-0.05, 0) is 18.6 Å². The number of carbonyl (C=O) groups excluding carboxylic acids is 4. The van der Waals surface area contributed by atoms with Gasteiger partial charge in [0.2, 0.25) is 11.8 Å². The number of imide groups is 2. The summed E-state index contributed by atoms with van der Waals surface area (Å²) in [5.74, 6) is -0.540. The van der Waals surface area contributed by atoms with E-state index in [0.717, 1.165) is 11.0 Å². The first-order valence-corrected chi connectivity index (χ1v) is 8.17. The zero-order valence-corrected chi connectivity index (χ0v) is 13.6. The average molecular weight is 355 g/mol. The van der Waals surface area contributed by atoms with Gasteiger partial charge in [0.05, 0.1) is 22.7 Å². The van der Waals surface area contributed by atoms with Gasteiger partial charge in [0.25, 0.3) is 11.8 Å². The van der Waals surface area contributed by atoms with E-state index in [4.69, 9.17) is 6.42 Å². The number of fused-ring (bicyclic) bond motifs is 1. The molecule has 0 saturated carbocycles. The highest BCUT2D eigenvalue weighted by Gasteiger charge is 2.45. The van der Waals surface area contributed by atoms with Crippen molar-refractivity contribution in [3.63, 3.8) is 0 Å². The van der Waals surface area contributed by atoms with E-state index in [2.05, 4.69) is 11.2 Å². The number of hydrogen-bond donors (Lipinski definition) is 1. The van der Waals surface area contributed by atoms with Crippen LogP contribution in [0, 0.1) is 24.1 Å². The van der Waals surface area contributed by atoms with E-state index in [0.29, 0.717) is 13.1 Å². The van der Waals surface area contributed by atoms with Crippen LogP contribution >= 0.6 is 0 Å². The summed E-state index contributed by atoms with van der Waals surface area (Å²) >= 11 is 0. The van der Waals surface area contributed by atoms with Gasteiger partial charge in [0.15, 0.2) is 0 Å². The van der Waals surface area contributed by atoms with Crippen molar-refractivity contribution in [3.8, 4) is 12.3 Å². The lowest BCUT2D eigenvalue weighted by Crippen LogP contribution is -2.54. The molecule has 7 nitrogen and oxygen atoms in total. The first-order chi connectivity index (χ1) is 12.4. The minimum absolute atomic E-state index is 0.0277. The molecule has 8 heteroatoms. The third-order valence-electron chi connectivity index (χ3n) is 4.97. The normalized spacial score (nSPS) is 22.8. The van der Waals surface area contributed by atoms with Gasteiger partial charge < -0.3 is 4.90 Å². The number of carbonyl (C=O) groups is 4. The maximum Gasteiger partial charge on any atom is 0.262 e. The molecule has 132 valence electrons. The molecule has 1 aromatic carbocycles. The second kappa shape index (κ2) is 5.66. The van der Waals surface area contributed by atoms with E-state index < -0.39 is 35.5 Å². The lowest BCUT2D eigenvalue weighted by Gasteiger charge is -2.38. The summed E-state index contributed by atoms with van der Waals surface area (Å²) < 4.78 is 14.4. The molecular weight excluding hydrogens is 341 g/mol. The van der Waals surface area contributed by atoms with Crippen LogP contribution in [0.25, 0.3) is 0 Å². The molecule has 3 heterocycles. The van der Waals surface area contributed by atoms with E-state index in [-0.39, 0.29) is 35.6 Å². The van der Waals surface area contributed by atoms with Gasteiger partial charge in [-0.15, -0.1) is 6.42 Å². The second-order valence-corrected chi connectivity index (χ2v) is 6.56. The molecule has 1 aromatic rings. The Morgan fingerprint density at radius 1 is 1.12 bits per heavy atom. The monoisotopic (exact) mass is 355 g/mol. The summed E-state index contributed by atoms with van der Waals surface area (Å²) in [5, 5.41) is 2.12. The molecule has 2 saturated heterocycles. The molecule has 1 N–H and O–H groups in total. The molecule has 3 aliphatic rings. The number of anilines is 1. The Bertz CT molecular complexity index is 914. The number of benzene rings is 1. The van der Waals surface area contributed by atoms with Crippen molar-refractivity contribution in [3.05, 3.63) is 29.1 Å². The van der Waals surface area contributed by atoms with E-state index in [1.165, 1.54) is 6.07 Å². The average Bonchev–Trinajstić information content (AvgIpc) is 2.78. The molecule has 0 aromatic heterocycles. The highest BCUT2D eigenvalue weighted by molar-refractivity contribution is 6.23. The summed E-state index contributed by atoms with van der Waals surface area (Å²) in [6.07, 6.45) is 5.42. The van der Waals surface area contributed by atoms with Crippen LogP contribution in [-0.4, -0.2) is 47.7 Å². The van der Waals surface area contributed by atoms with Crippen LogP contribution in [0.15, 0.2) is 12.1 Å². The lowest BCUT2D eigenvalue weighted by atomic mass is 9.98. The minimum Gasteiger partial charge on any atom is -0.367 e. The number of hydrogen-bond acceptors (Lipinski definition) is 5. The van der Waals surface area contributed by atoms with Gasteiger partial charge >= 0.3 is 0 Å². The van der Waals surface area contributed by atoms with Gasteiger partial charge in [0.1, 0.15) is 11.9 Å². The molecule has 4 amide bonds. The van der Waals surface area contributed by atoms with Crippen molar-refractivity contribution in [2.24, 2.45) is 5.92 Å². The van der Waals surface area contributed by atoms with E-state index >= 15 is 0 Å². The summed E-state index contributed by atoms with van der Waals surface area (Å²) in [4.78, 5) is 51.1. The molecule has 0 bridgehead atoms. The van der Waals surface area contributed by atoms with Gasteiger partial charge in [-0.1, -0.05) is 5.92 Å². The lowest BCUT2D eigenvalue weighted by molar-refractivity contribution is -0.136. The Hall–Kier alpha value is -3.21. The molecule has 0 spiro atoms. The van der Waals surface area contributed by atoms with Crippen LogP contribution < -0.4 is 10.2 Å². The Kier molecular flexibility index (Phi) is 3.54. The summed E-state index contributed by atoms with van der Waals surface area (Å²) in [6, 6.07) is 1.30. The van der Waals surface area contributed by atoms with Crippen molar-refractivity contribution in [2.75, 3.05) is 18.0 Å². The highest BCUT2D eigenvalue weighted by atomic mass is 19.1. The number of piperidine rings is 1. The Balaban J connectivity index is 1.65. The van der Waals surface area contributed by atoms with Crippen molar-refractivity contribution in [1.29, 1.82) is 0 Å². The number of nitrogens with one attached hydrogen (secondary N) is 1. The standard InChI is InChI=1S/C18H14FN3O4/c1-2-9-7-21(8-9)14-6-11-10(5-12(14)19)17(25)22(18(11)26)13-3-4-15(23)20-16(13)24/h1,5-6,9,13H,3-4,7-8H2,(H,20,23,24). The van der Waals surface area contributed by atoms with Crippen LogP contribution in [0.5, 0.6) is 0 Å². The third kappa shape index (κ3) is 2.28. The van der Waals surface area contributed by atoms with E-state index in [9.17, 15) is 23.6 Å². The maximum atomic E-state index is 14.4. The summed E-state index contributed by atoms with van der Waals surface area (Å²) in [6.45, 7) is 0.955. The molecule has 2 fully saturated rings. The van der Waals surface area contributed by atoms with Crippen LogP contribution in [0.4, 0.5) is 10.1 Å². The predicted molar refractivity (Wildman–Crippen MR) is 87.6 cm³/mol. The molecule has 1 atom stereocenters. The Morgan fingerprint density at radius 2 is 1.77 bits per heavy atom. The van der Waals surface area contributed by atoms with Crippen molar-refractivity contribution < 1.29 is 23.6 Å². The number of amides is 4. The fourth-order valence-corrected chi connectivity index (χ4v) is 3.50. The second-order valence-electron chi connectivity index (χ2n) is 6.56. The first-order valence-electron chi connectivity index (χ1n) is 8.17. The molecule has 26 heavy (non-hydrogen) atoms. The predicted octanol–water partition coefficient (Wildman–Crippen LogP) is 0.296. The summed E-state index contributed by atoms with van der Waals surface area (Å²) in [5.41, 5.74) is 0.191. The SMILES string of the molecule is C#CC1CN(c2cc3c(cc2F)C(=O)N(C2CCC(=O)NC2=O)C3=O)C1. The van der Waals surface area contributed by atoms with E-state index in [1.807, 2.05) is 0 Å². The number of nitrogens with zero attached hydrogens (tertiary/aromatic N) is 2. The Morgan fingerprint density at radius 3 is 2.38 bits per heavy atom. The van der Waals surface area contributed by atoms with Gasteiger partial charge in [-0.3, -0.25) is 29.4 Å². The van der Waals surface area contributed by atoms with Crippen molar-refractivity contribution >= 4 is 29.3 Å². The number of rotatable bonds is 2. The molecule has 3 aliphatic heterocycles. The molecule has 4 rings (SSSR count). The van der Waals surface area contributed by atoms with Crippen molar-refractivity contribution in [1.82, 2.24) is 10.2 Å². The molecule has 0 radical (unpaired) electrons. The number of halogens is 1. The highest BCUT2D eigenvalue weighted by Crippen LogP contribution is 2.34. The Labute approximate surface area is 148 Å². The third-order valence-corrected chi connectivity index (χ3v) is 4.97. The first kappa shape index (κ1) is 16.3. The fourth-order valence-electron chi connectivity index (χ4n) is 3.50. The fraction of sp³-hybridized carbons (Fsp3) is 0.333. The quantitative estimate of drug-likeness (QED) is 0.609. The van der Waals surface area contributed by atoms with Crippen LogP contribution in [0.2, 0.25) is 0 Å². The van der Waals surface area contributed by atoms with Crippen LogP contribution in [-0.2, 0) is 9.59 Å². The molecular formula is C18H14FN3O4. The zero-order chi connectivity index (χ0) is 18.6. The van der Waals surface area contributed by atoms with Gasteiger partial charge in [-0.25, -0.2) is 4.39 Å². The van der Waals surface area contributed by atoms with Crippen LogP contribution in [0.3, 0.4) is 0 Å². The van der Waals surface area contributed by atoms with Gasteiger partial charge in [-0.2, -0.15) is 0 Å². The maximum absolute atomic E-state index is 14.4. The van der Waals surface area contributed by atoms with Gasteiger partial charge in [0, 0.05) is 19.5 Å². The largest absolute Gasteiger partial charge is 0.367 e. The zero-order valence-electron chi connectivity index (χ0n) is 13.6. The topological polar surface area (TPSA) is 86.8 Å². The smallest absolute Gasteiger partial charge is 0.262 e.